The minimum atomic E-state index is -0.538. The highest BCUT2D eigenvalue weighted by molar-refractivity contribution is 4.98. The van der Waals surface area contributed by atoms with Gasteiger partial charge >= 0.3 is 0 Å². The van der Waals surface area contributed by atoms with Crippen molar-refractivity contribution in [1.29, 1.82) is 0 Å². The third-order valence-electron chi connectivity index (χ3n) is 5.02. The van der Waals surface area contributed by atoms with Gasteiger partial charge < -0.3 is 14.9 Å². The Balaban J connectivity index is 2.35. The van der Waals surface area contributed by atoms with Crippen molar-refractivity contribution in [2.24, 2.45) is 0 Å². The van der Waals surface area contributed by atoms with Gasteiger partial charge in [-0.25, -0.2) is 0 Å². The summed E-state index contributed by atoms with van der Waals surface area (Å²) in [5.74, 6) is 0. The summed E-state index contributed by atoms with van der Waals surface area (Å²) in [5.41, 5.74) is 0. The third kappa shape index (κ3) is 7.51. The van der Waals surface area contributed by atoms with E-state index in [1.54, 1.807) is 0 Å². The predicted molar refractivity (Wildman–Crippen MR) is 95.7 cm³/mol. The molecule has 23 heavy (non-hydrogen) atoms. The van der Waals surface area contributed by atoms with Crippen molar-refractivity contribution >= 4 is 0 Å². The number of hydrogen-bond donors (Lipinski definition) is 2. The fourth-order valence-electron chi connectivity index (χ4n) is 3.58. The predicted octanol–water partition coefficient (Wildman–Crippen LogP) is 3.35. The molecular weight excluding hydrogens is 290 g/mol. The van der Waals surface area contributed by atoms with Gasteiger partial charge in [-0.1, -0.05) is 58.8 Å². The molecule has 1 rings (SSSR count). The van der Waals surface area contributed by atoms with E-state index in [9.17, 15) is 10.2 Å². The number of unbranched alkanes of at least 4 members (excludes halogenated alkanes) is 7. The quantitative estimate of drug-likeness (QED) is 0.509. The number of rotatable bonds is 13. The van der Waals surface area contributed by atoms with Crippen LogP contribution in [0.25, 0.3) is 0 Å². The molecule has 138 valence electrons. The number of nitrogens with zero attached hydrogens (tertiary/aromatic N) is 1. The Hall–Kier alpha value is -0.160. The average Bonchev–Trinajstić information content (AvgIpc) is 2.80. The molecule has 4 atom stereocenters. The Morgan fingerprint density at radius 2 is 1.48 bits per heavy atom. The van der Waals surface area contributed by atoms with E-state index < -0.39 is 12.2 Å². The van der Waals surface area contributed by atoms with Gasteiger partial charge in [0.05, 0.1) is 18.2 Å². The van der Waals surface area contributed by atoms with Gasteiger partial charge in [0.2, 0.25) is 0 Å². The van der Waals surface area contributed by atoms with Crippen LogP contribution in [0.4, 0.5) is 0 Å². The summed E-state index contributed by atoms with van der Waals surface area (Å²) in [6.07, 6.45) is 10.1. The first-order chi connectivity index (χ1) is 11.1. The van der Waals surface area contributed by atoms with Gasteiger partial charge in [0.15, 0.2) is 0 Å². The lowest BCUT2D eigenvalue weighted by Crippen LogP contribution is -2.47. The van der Waals surface area contributed by atoms with E-state index in [1.165, 1.54) is 44.9 Å². The van der Waals surface area contributed by atoms with Gasteiger partial charge in [0.25, 0.3) is 0 Å². The van der Waals surface area contributed by atoms with Crippen LogP contribution in [-0.2, 0) is 4.74 Å². The van der Waals surface area contributed by atoms with Crippen LogP contribution in [0.3, 0.4) is 0 Å². The first kappa shape index (κ1) is 20.9. The minimum Gasteiger partial charge on any atom is -0.391 e. The topological polar surface area (TPSA) is 52.9 Å². The molecule has 1 aliphatic rings. The fourth-order valence-corrected chi connectivity index (χ4v) is 3.58. The van der Waals surface area contributed by atoms with Crippen LogP contribution in [0.5, 0.6) is 0 Å². The van der Waals surface area contributed by atoms with Crippen LogP contribution in [0, 0.1) is 0 Å². The number of aliphatic hydroxyl groups is 2. The number of likely N-dealkylation sites (N-methyl/N-ethyl adjacent to an activating group) is 1. The number of hydrogen-bond acceptors (Lipinski definition) is 4. The highest BCUT2D eigenvalue weighted by Gasteiger charge is 2.44. The first-order valence-electron chi connectivity index (χ1n) is 9.79. The zero-order chi connectivity index (χ0) is 17.1. The van der Waals surface area contributed by atoms with Crippen LogP contribution in [0.15, 0.2) is 0 Å². The Labute approximate surface area is 143 Å². The summed E-state index contributed by atoms with van der Waals surface area (Å²) in [6.45, 7) is 6.08. The molecule has 0 spiro atoms. The fraction of sp³-hybridized carbons (Fsp3) is 1.00. The maximum atomic E-state index is 10.3. The molecular formula is C19H39NO3. The summed E-state index contributed by atoms with van der Waals surface area (Å²) in [6, 6.07) is -0.0673. The molecule has 0 aromatic heterocycles. The van der Waals surface area contributed by atoms with Gasteiger partial charge in [0, 0.05) is 13.0 Å². The number of aliphatic hydroxyl groups excluding tert-OH is 2. The van der Waals surface area contributed by atoms with Crippen LogP contribution in [-0.4, -0.2) is 59.7 Å². The molecule has 1 aliphatic carbocycles. The average molecular weight is 330 g/mol. The summed E-state index contributed by atoms with van der Waals surface area (Å²) in [7, 11) is 2.05. The van der Waals surface area contributed by atoms with Crippen LogP contribution in [0.2, 0.25) is 0 Å². The van der Waals surface area contributed by atoms with E-state index in [0.717, 1.165) is 19.4 Å². The van der Waals surface area contributed by atoms with Crippen molar-refractivity contribution in [3.05, 3.63) is 0 Å². The van der Waals surface area contributed by atoms with Crippen molar-refractivity contribution in [2.75, 3.05) is 20.2 Å². The van der Waals surface area contributed by atoms with Crippen molar-refractivity contribution in [3.8, 4) is 0 Å². The molecule has 0 heterocycles. The zero-order valence-corrected chi connectivity index (χ0v) is 15.5. The SMILES string of the molecule is CCCCCCCN(C)C1C(O)CC(O)C1OCCCCCC. The van der Waals surface area contributed by atoms with Gasteiger partial charge in [-0.15, -0.1) is 0 Å². The molecule has 0 amide bonds. The zero-order valence-electron chi connectivity index (χ0n) is 15.5. The van der Waals surface area contributed by atoms with Gasteiger partial charge in [-0.05, 0) is 26.4 Å². The standard InChI is InChI=1S/C19H39NO3/c1-4-6-8-10-11-13-20(3)18-16(21)15-17(22)19(18)23-14-12-9-7-5-2/h16-19,21-22H,4-15H2,1-3H3. The van der Waals surface area contributed by atoms with Crippen molar-refractivity contribution in [3.63, 3.8) is 0 Å². The normalized spacial score (nSPS) is 27.9. The van der Waals surface area contributed by atoms with E-state index in [1.807, 2.05) is 0 Å². The first-order valence-corrected chi connectivity index (χ1v) is 9.79. The van der Waals surface area contributed by atoms with Crippen molar-refractivity contribution in [1.82, 2.24) is 4.90 Å². The minimum absolute atomic E-state index is 0.0673. The van der Waals surface area contributed by atoms with Crippen molar-refractivity contribution in [2.45, 2.75) is 102 Å². The molecule has 0 bridgehead atoms. The summed E-state index contributed by atoms with van der Waals surface area (Å²) in [4.78, 5) is 2.20. The summed E-state index contributed by atoms with van der Waals surface area (Å²) in [5, 5.41) is 20.5. The number of ether oxygens (including phenoxy) is 1. The lowest BCUT2D eigenvalue weighted by molar-refractivity contribution is -0.0589. The maximum Gasteiger partial charge on any atom is 0.101 e. The van der Waals surface area contributed by atoms with Crippen LogP contribution < -0.4 is 0 Å². The monoisotopic (exact) mass is 329 g/mol. The molecule has 2 N–H and O–H groups in total. The Bertz CT molecular complexity index is 288. The van der Waals surface area contributed by atoms with Crippen LogP contribution in [0.1, 0.15) is 78.1 Å². The molecule has 0 aliphatic heterocycles. The van der Waals surface area contributed by atoms with E-state index >= 15 is 0 Å². The van der Waals surface area contributed by atoms with E-state index in [0.29, 0.717) is 13.0 Å². The third-order valence-corrected chi connectivity index (χ3v) is 5.02. The molecule has 0 radical (unpaired) electrons. The highest BCUT2D eigenvalue weighted by atomic mass is 16.5. The molecule has 1 saturated carbocycles. The second-order valence-electron chi connectivity index (χ2n) is 7.15. The van der Waals surface area contributed by atoms with E-state index in [-0.39, 0.29) is 12.1 Å². The molecule has 4 heteroatoms. The molecule has 1 fully saturated rings. The Morgan fingerprint density at radius 1 is 0.870 bits per heavy atom. The molecule has 4 unspecified atom stereocenters. The van der Waals surface area contributed by atoms with Gasteiger partial charge in [-0.2, -0.15) is 0 Å². The highest BCUT2D eigenvalue weighted by Crippen LogP contribution is 2.28. The largest absolute Gasteiger partial charge is 0.391 e. The Morgan fingerprint density at radius 3 is 2.13 bits per heavy atom. The lowest BCUT2D eigenvalue weighted by Gasteiger charge is -2.32. The summed E-state index contributed by atoms with van der Waals surface area (Å²) >= 11 is 0. The maximum absolute atomic E-state index is 10.3. The smallest absolute Gasteiger partial charge is 0.101 e. The van der Waals surface area contributed by atoms with Crippen molar-refractivity contribution < 1.29 is 14.9 Å². The van der Waals surface area contributed by atoms with E-state index in [2.05, 4.69) is 25.8 Å². The van der Waals surface area contributed by atoms with Crippen LogP contribution >= 0.6 is 0 Å². The summed E-state index contributed by atoms with van der Waals surface area (Å²) < 4.78 is 5.96. The van der Waals surface area contributed by atoms with Gasteiger partial charge in [0.1, 0.15) is 6.10 Å². The molecule has 0 aromatic carbocycles. The second kappa shape index (κ2) is 12.2. The van der Waals surface area contributed by atoms with Gasteiger partial charge in [-0.3, -0.25) is 4.90 Å². The molecule has 4 nitrogen and oxygen atoms in total. The van der Waals surface area contributed by atoms with E-state index in [4.69, 9.17) is 4.74 Å². The molecule has 0 saturated heterocycles. The lowest BCUT2D eigenvalue weighted by atomic mass is 10.1. The second-order valence-corrected chi connectivity index (χ2v) is 7.15. The Kier molecular flexibility index (Phi) is 11.1. The molecule has 0 aromatic rings.